The molecule has 0 saturated carbocycles. The van der Waals surface area contributed by atoms with Crippen LogP contribution in [0.3, 0.4) is 0 Å². The largest absolute Gasteiger partial charge is 0.377 e. The van der Waals surface area contributed by atoms with Gasteiger partial charge in [-0.05, 0) is 31.0 Å². The van der Waals surface area contributed by atoms with Crippen LogP contribution in [0.2, 0.25) is 0 Å². The van der Waals surface area contributed by atoms with Crippen LogP contribution < -0.4 is 5.73 Å². The Morgan fingerprint density at radius 3 is 2.95 bits per heavy atom. The number of nitrogens with zero attached hydrogens (tertiary/aromatic N) is 3. The van der Waals surface area contributed by atoms with Gasteiger partial charge >= 0.3 is 0 Å². The van der Waals surface area contributed by atoms with Crippen LogP contribution in [0.5, 0.6) is 0 Å². The predicted octanol–water partition coefficient (Wildman–Crippen LogP) is 3.11. The topological polar surface area (TPSA) is 65.4 Å². The lowest BCUT2D eigenvalue weighted by Gasteiger charge is -2.07. The maximum atomic E-state index is 13.4. The van der Waals surface area contributed by atoms with Gasteiger partial charge in [0.05, 0.1) is 24.7 Å². The Morgan fingerprint density at radius 1 is 1.45 bits per heavy atom. The van der Waals surface area contributed by atoms with Gasteiger partial charge in [0, 0.05) is 12.2 Å². The molecule has 2 rings (SSSR count). The van der Waals surface area contributed by atoms with Crippen LogP contribution in [-0.2, 0) is 11.3 Å². The molecule has 118 valence electrons. The molecule has 0 saturated heterocycles. The van der Waals surface area contributed by atoms with Crippen LogP contribution in [0.15, 0.2) is 29.5 Å². The van der Waals surface area contributed by atoms with Crippen LogP contribution >= 0.6 is 0 Å². The van der Waals surface area contributed by atoms with Gasteiger partial charge in [-0.1, -0.05) is 19.4 Å². The molecule has 0 fully saturated rings. The number of benzene rings is 1. The molecule has 22 heavy (non-hydrogen) atoms. The van der Waals surface area contributed by atoms with Crippen molar-refractivity contribution in [3.05, 3.63) is 47.0 Å². The average Bonchev–Trinajstić information content (AvgIpc) is 2.81. The molecule has 0 atom stereocenters. The Morgan fingerprint density at radius 2 is 2.27 bits per heavy atom. The molecule has 0 unspecified atom stereocenters. The number of aryl methyl sites for hydroxylation is 1. The number of halogens is 1. The fraction of sp³-hybridized carbons (Fsp3) is 0.375. The SMILES string of the molecule is CCCCOCc1cc(F)ccc1C=Nn1cc(C)nc1N. The smallest absolute Gasteiger partial charge is 0.221 e. The first-order valence-electron chi connectivity index (χ1n) is 7.32. The monoisotopic (exact) mass is 304 g/mol. The Balaban J connectivity index is 2.14. The van der Waals surface area contributed by atoms with Gasteiger partial charge in [-0.2, -0.15) is 5.10 Å². The number of aromatic nitrogens is 2. The summed E-state index contributed by atoms with van der Waals surface area (Å²) in [7, 11) is 0. The third-order valence-electron chi connectivity index (χ3n) is 3.16. The lowest BCUT2D eigenvalue weighted by molar-refractivity contribution is 0.118. The molecule has 6 heteroatoms. The molecular formula is C16H21FN4O. The van der Waals surface area contributed by atoms with E-state index in [1.54, 1.807) is 18.5 Å². The summed E-state index contributed by atoms with van der Waals surface area (Å²) in [6.45, 7) is 4.96. The minimum Gasteiger partial charge on any atom is -0.377 e. The highest BCUT2D eigenvalue weighted by atomic mass is 19.1. The number of nitrogens with two attached hydrogens (primary N) is 1. The predicted molar refractivity (Wildman–Crippen MR) is 85.3 cm³/mol. The van der Waals surface area contributed by atoms with Crippen molar-refractivity contribution in [2.45, 2.75) is 33.3 Å². The van der Waals surface area contributed by atoms with E-state index in [-0.39, 0.29) is 5.82 Å². The molecule has 0 aliphatic heterocycles. The van der Waals surface area contributed by atoms with Gasteiger partial charge in [-0.15, -0.1) is 0 Å². The van der Waals surface area contributed by atoms with Crippen molar-refractivity contribution in [3.63, 3.8) is 0 Å². The molecule has 0 aliphatic rings. The number of ether oxygens (including phenoxy) is 1. The fourth-order valence-electron chi connectivity index (χ4n) is 1.97. The summed E-state index contributed by atoms with van der Waals surface area (Å²) in [6.07, 6.45) is 5.42. The Bertz CT molecular complexity index is 652. The summed E-state index contributed by atoms with van der Waals surface area (Å²) in [5, 5.41) is 4.26. The zero-order valence-corrected chi connectivity index (χ0v) is 12.9. The molecule has 0 spiro atoms. The summed E-state index contributed by atoms with van der Waals surface area (Å²) in [4.78, 5) is 4.07. The van der Waals surface area contributed by atoms with Crippen LogP contribution in [0, 0.1) is 12.7 Å². The van der Waals surface area contributed by atoms with E-state index in [2.05, 4.69) is 17.0 Å². The van der Waals surface area contributed by atoms with Crippen molar-refractivity contribution in [2.24, 2.45) is 5.10 Å². The van der Waals surface area contributed by atoms with Crippen molar-refractivity contribution in [1.29, 1.82) is 0 Å². The second kappa shape index (κ2) is 7.70. The number of unbranched alkanes of at least 4 members (excludes halogenated alkanes) is 1. The van der Waals surface area contributed by atoms with E-state index < -0.39 is 0 Å². The van der Waals surface area contributed by atoms with Gasteiger partial charge in [-0.25, -0.2) is 14.1 Å². The van der Waals surface area contributed by atoms with Gasteiger partial charge in [0.2, 0.25) is 5.95 Å². The highest BCUT2D eigenvalue weighted by Crippen LogP contribution is 2.12. The molecule has 2 N–H and O–H groups in total. The summed E-state index contributed by atoms with van der Waals surface area (Å²) in [5.41, 5.74) is 8.08. The molecule has 5 nitrogen and oxygen atoms in total. The van der Waals surface area contributed by atoms with E-state index >= 15 is 0 Å². The first-order chi connectivity index (χ1) is 10.6. The van der Waals surface area contributed by atoms with Gasteiger partial charge in [0.25, 0.3) is 0 Å². The zero-order chi connectivity index (χ0) is 15.9. The van der Waals surface area contributed by atoms with E-state index in [9.17, 15) is 4.39 Å². The van der Waals surface area contributed by atoms with E-state index in [0.717, 1.165) is 29.7 Å². The first kappa shape index (κ1) is 16.2. The van der Waals surface area contributed by atoms with Gasteiger partial charge in [0.15, 0.2) is 0 Å². The first-order valence-corrected chi connectivity index (χ1v) is 7.32. The molecule has 0 amide bonds. The number of anilines is 1. The summed E-state index contributed by atoms with van der Waals surface area (Å²) in [5.74, 6) is 0.0286. The molecule has 0 radical (unpaired) electrons. The Kier molecular flexibility index (Phi) is 5.66. The lowest BCUT2D eigenvalue weighted by atomic mass is 10.1. The number of rotatable bonds is 7. The minimum atomic E-state index is -0.288. The van der Waals surface area contributed by atoms with Gasteiger partial charge in [-0.3, -0.25) is 0 Å². The summed E-state index contributed by atoms with van der Waals surface area (Å²) >= 11 is 0. The molecule has 1 aromatic heterocycles. The highest BCUT2D eigenvalue weighted by Gasteiger charge is 2.04. The summed E-state index contributed by atoms with van der Waals surface area (Å²) in [6, 6.07) is 4.55. The molecule has 1 heterocycles. The highest BCUT2D eigenvalue weighted by molar-refractivity contribution is 5.81. The van der Waals surface area contributed by atoms with E-state index in [1.165, 1.54) is 16.8 Å². The number of nitrogen functional groups attached to an aromatic ring is 1. The fourth-order valence-corrected chi connectivity index (χ4v) is 1.97. The van der Waals surface area contributed by atoms with Crippen LogP contribution in [0.25, 0.3) is 0 Å². The molecule has 0 aliphatic carbocycles. The maximum absolute atomic E-state index is 13.4. The average molecular weight is 304 g/mol. The van der Waals surface area contributed by atoms with Crippen LogP contribution in [0.1, 0.15) is 36.6 Å². The quantitative estimate of drug-likeness (QED) is 0.631. The van der Waals surface area contributed by atoms with Crippen molar-refractivity contribution in [1.82, 2.24) is 9.66 Å². The minimum absolute atomic E-state index is 0.288. The van der Waals surface area contributed by atoms with E-state index in [4.69, 9.17) is 10.5 Å². The maximum Gasteiger partial charge on any atom is 0.221 e. The van der Waals surface area contributed by atoms with Crippen molar-refractivity contribution in [2.75, 3.05) is 12.3 Å². The Hall–Kier alpha value is -2.21. The Labute approximate surface area is 129 Å². The molecule has 1 aromatic carbocycles. The third-order valence-corrected chi connectivity index (χ3v) is 3.16. The molecule has 2 aromatic rings. The number of imidazole rings is 1. The third kappa shape index (κ3) is 4.39. The number of hydrogen-bond donors (Lipinski definition) is 1. The lowest BCUT2D eigenvalue weighted by Crippen LogP contribution is -2.02. The normalized spacial score (nSPS) is 11.4. The number of hydrogen-bond acceptors (Lipinski definition) is 4. The molecular weight excluding hydrogens is 283 g/mol. The second-order valence-electron chi connectivity index (χ2n) is 5.08. The van der Waals surface area contributed by atoms with Crippen LogP contribution in [-0.4, -0.2) is 22.5 Å². The van der Waals surface area contributed by atoms with Crippen molar-refractivity contribution < 1.29 is 9.13 Å². The van der Waals surface area contributed by atoms with Crippen molar-refractivity contribution in [3.8, 4) is 0 Å². The van der Waals surface area contributed by atoms with E-state index in [1.807, 2.05) is 6.92 Å². The molecule has 0 bridgehead atoms. The standard InChI is InChI=1S/C16H21FN4O/c1-3-4-7-22-11-14-8-15(17)6-5-13(14)9-19-21-10-12(2)20-16(21)18/h5-6,8-10H,3-4,7,11H2,1-2H3,(H2,18,20). The van der Waals surface area contributed by atoms with Crippen molar-refractivity contribution >= 4 is 12.2 Å². The van der Waals surface area contributed by atoms with Gasteiger partial charge in [0.1, 0.15) is 5.82 Å². The van der Waals surface area contributed by atoms with Crippen LogP contribution in [0.4, 0.5) is 10.3 Å². The zero-order valence-electron chi connectivity index (χ0n) is 12.9. The van der Waals surface area contributed by atoms with E-state index in [0.29, 0.717) is 19.2 Å². The van der Waals surface area contributed by atoms with Gasteiger partial charge < -0.3 is 10.5 Å². The second-order valence-corrected chi connectivity index (χ2v) is 5.08. The summed E-state index contributed by atoms with van der Waals surface area (Å²) < 4.78 is 20.5.